The number of ether oxygens (including phenoxy) is 4. The van der Waals surface area contributed by atoms with Crippen molar-refractivity contribution in [1.29, 1.82) is 0 Å². The molecule has 30 heavy (non-hydrogen) atoms. The molecule has 2 aromatic carbocycles. The third-order valence-corrected chi connectivity index (χ3v) is 4.68. The summed E-state index contributed by atoms with van der Waals surface area (Å²) >= 11 is 0. The van der Waals surface area contributed by atoms with Gasteiger partial charge in [0, 0.05) is 12.3 Å². The van der Waals surface area contributed by atoms with Crippen molar-refractivity contribution in [1.82, 2.24) is 9.78 Å². The van der Waals surface area contributed by atoms with Gasteiger partial charge in [-0.3, -0.25) is 9.48 Å². The van der Waals surface area contributed by atoms with Gasteiger partial charge in [-0.1, -0.05) is 18.2 Å². The molecule has 5 rings (SSSR count). The van der Waals surface area contributed by atoms with Gasteiger partial charge in [0.15, 0.2) is 29.1 Å². The van der Waals surface area contributed by atoms with Crippen LogP contribution in [0.15, 0.2) is 60.9 Å². The van der Waals surface area contributed by atoms with Gasteiger partial charge in [-0.25, -0.2) is 0 Å². The Kier molecular flexibility index (Phi) is 4.72. The van der Waals surface area contributed by atoms with Crippen molar-refractivity contribution in [2.75, 3.05) is 18.7 Å². The molecule has 1 unspecified atom stereocenters. The van der Waals surface area contributed by atoms with E-state index in [0.717, 1.165) is 17.1 Å². The second-order valence-electron chi connectivity index (χ2n) is 6.88. The number of hydrogen-bond donors (Lipinski definition) is 1. The highest BCUT2D eigenvalue weighted by Gasteiger charge is 2.21. The number of rotatable bonds is 5. The minimum absolute atomic E-state index is 0.158. The Labute approximate surface area is 172 Å². The molecule has 3 aromatic rings. The summed E-state index contributed by atoms with van der Waals surface area (Å²) in [5, 5.41) is 7.09. The van der Waals surface area contributed by atoms with Gasteiger partial charge in [0.1, 0.15) is 6.61 Å². The largest absolute Gasteiger partial charge is 0.486 e. The van der Waals surface area contributed by atoms with Crippen molar-refractivity contribution in [3.63, 3.8) is 0 Å². The third-order valence-electron chi connectivity index (χ3n) is 4.68. The monoisotopic (exact) mass is 405 g/mol. The van der Waals surface area contributed by atoms with E-state index in [1.165, 1.54) is 6.08 Å². The number of anilines is 1. The molecule has 1 atom stereocenters. The molecule has 8 heteroatoms. The fraction of sp³-hybridized carbons (Fsp3) is 0.182. The molecule has 1 aromatic heterocycles. The van der Waals surface area contributed by atoms with Crippen molar-refractivity contribution in [3.8, 4) is 23.0 Å². The number of amides is 1. The summed E-state index contributed by atoms with van der Waals surface area (Å²) in [6, 6.07) is 13.1. The van der Waals surface area contributed by atoms with E-state index < -0.39 is 0 Å². The van der Waals surface area contributed by atoms with Crippen molar-refractivity contribution in [3.05, 3.63) is 66.5 Å². The highest BCUT2D eigenvalue weighted by molar-refractivity contribution is 6.01. The summed E-state index contributed by atoms with van der Waals surface area (Å²) in [6.07, 6.45) is 6.38. The number of fused-ring (bicyclic) bond motifs is 2. The molecule has 8 nitrogen and oxygen atoms in total. The van der Waals surface area contributed by atoms with Gasteiger partial charge in [-0.15, -0.1) is 0 Å². The highest BCUT2D eigenvalue weighted by atomic mass is 16.7. The first-order valence-corrected chi connectivity index (χ1v) is 9.52. The molecule has 0 fully saturated rings. The van der Waals surface area contributed by atoms with Gasteiger partial charge < -0.3 is 24.3 Å². The molecule has 152 valence electrons. The lowest BCUT2D eigenvalue weighted by molar-refractivity contribution is -0.111. The third kappa shape index (κ3) is 3.93. The Morgan fingerprint density at radius 2 is 1.93 bits per heavy atom. The van der Waals surface area contributed by atoms with Crippen LogP contribution in [0.25, 0.3) is 6.08 Å². The van der Waals surface area contributed by atoms with Crippen LogP contribution in [0.2, 0.25) is 0 Å². The van der Waals surface area contributed by atoms with Crippen molar-refractivity contribution in [2.24, 2.45) is 0 Å². The standard InChI is InChI=1S/C22H19N3O5/c26-22(8-6-15-5-7-19-21(9-15)29-14-28-19)24-16-10-23-25(11-16)12-17-13-27-18-3-1-2-4-20(18)30-17/h1-11,17H,12-14H2,(H,24,26). The first kappa shape index (κ1) is 18.1. The molecular weight excluding hydrogens is 386 g/mol. The van der Waals surface area contributed by atoms with E-state index >= 15 is 0 Å². The Morgan fingerprint density at radius 1 is 1.10 bits per heavy atom. The van der Waals surface area contributed by atoms with Gasteiger partial charge >= 0.3 is 0 Å². The van der Waals surface area contributed by atoms with Crippen molar-refractivity contribution >= 4 is 17.7 Å². The van der Waals surface area contributed by atoms with Crippen LogP contribution in [0, 0.1) is 0 Å². The van der Waals surface area contributed by atoms with Crippen LogP contribution in [0.1, 0.15) is 5.56 Å². The molecule has 1 N–H and O–H groups in total. The fourth-order valence-corrected chi connectivity index (χ4v) is 3.26. The zero-order valence-electron chi connectivity index (χ0n) is 16.0. The quantitative estimate of drug-likeness (QED) is 0.657. The minimum atomic E-state index is -0.251. The summed E-state index contributed by atoms with van der Waals surface area (Å²) in [5.41, 5.74) is 1.45. The van der Waals surface area contributed by atoms with Crippen molar-refractivity contribution < 1.29 is 23.7 Å². The van der Waals surface area contributed by atoms with Crippen LogP contribution >= 0.6 is 0 Å². The number of carbonyl (C=O) groups is 1. The average molecular weight is 405 g/mol. The number of benzene rings is 2. The average Bonchev–Trinajstić information content (AvgIpc) is 3.41. The Morgan fingerprint density at radius 3 is 2.87 bits per heavy atom. The van der Waals surface area contributed by atoms with Crippen LogP contribution in [0.4, 0.5) is 5.69 Å². The number of hydrogen-bond acceptors (Lipinski definition) is 6. The van der Waals surface area contributed by atoms with E-state index in [0.29, 0.717) is 30.3 Å². The molecule has 0 radical (unpaired) electrons. The van der Waals surface area contributed by atoms with Crippen LogP contribution in [0.3, 0.4) is 0 Å². The zero-order valence-corrected chi connectivity index (χ0v) is 16.0. The Balaban J connectivity index is 1.16. The fourth-order valence-electron chi connectivity index (χ4n) is 3.26. The second-order valence-corrected chi connectivity index (χ2v) is 6.88. The van der Waals surface area contributed by atoms with E-state index in [1.807, 2.05) is 42.5 Å². The molecule has 3 heterocycles. The Hall–Kier alpha value is -3.94. The lowest BCUT2D eigenvalue weighted by atomic mass is 10.2. The van der Waals surface area contributed by atoms with E-state index in [-0.39, 0.29) is 18.8 Å². The molecule has 0 bridgehead atoms. The van der Waals surface area contributed by atoms with Gasteiger partial charge in [0.25, 0.3) is 0 Å². The summed E-state index contributed by atoms with van der Waals surface area (Å²) in [7, 11) is 0. The zero-order chi connectivity index (χ0) is 20.3. The van der Waals surface area contributed by atoms with E-state index in [2.05, 4.69) is 10.4 Å². The highest BCUT2D eigenvalue weighted by Crippen LogP contribution is 2.33. The molecule has 0 aliphatic carbocycles. The smallest absolute Gasteiger partial charge is 0.248 e. The minimum Gasteiger partial charge on any atom is -0.486 e. The Bertz CT molecular complexity index is 1110. The summed E-state index contributed by atoms with van der Waals surface area (Å²) in [4.78, 5) is 12.2. The van der Waals surface area contributed by atoms with Crippen LogP contribution in [-0.2, 0) is 11.3 Å². The predicted octanol–water partition coefficient (Wildman–Crippen LogP) is 3.10. The summed E-state index contributed by atoms with van der Waals surface area (Å²) in [6.45, 7) is 1.17. The second kappa shape index (κ2) is 7.82. The normalized spacial score (nSPS) is 16.6. The molecule has 0 saturated heterocycles. The topological polar surface area (TPSA) is 83.8 Å². The molecule has 0 spiro atoms. The molecular formula is C22H19N3O5. The van der Waals surface area contributed by atoms with E-state index in [1.54, 1.807) is 23.2 Å². The maximum atomic E-state index is 12.2. The number of nitrogens with one attached hydrogen (secondary N) is 1. The number of carbonyl (C=O) groups excluding carboxylic acids is 1. The first-order valence-electron chi connectivity index (χ1n) is 9.52. The van der Waals surface area contributed by atoms with Gasteiger partial charge in [-0.05, 0) is 35.9 Å². The van der Waals surface area contributed by atoms with Crippen LogP contribution < -0.4 is 24.3 Å². The van der Waals surface area contributed by atoms with Crippen LogP contribution in [-0.4, -0.2) is 35.2 Å². The lowest BCUT2D eigenvalue weighted by Crippen LogP contribution is -2.33. The maximum Gasteiger partial charge on any atom is 0.248 e. The maximum absolute atomic E-state index is 12.2. The summed E-state index contributed by atoms with van der Waals surface area (Å²) < 4.78 is 24.0. The van der Waals surface area contributed by atoms with Crippen LogP contribution in [0.5, 0.6) is 23.0 Å². The molecule has 2 aliphatic rings. The van der Waals surface area contributed by atoms with Crippen molar-refractivity contribution in [2.45, 2.75) is 12.6 Å². The molecule has 0 saturated carbocycles. The predicted molar refractivity (Wildman–Crippen MR) is 109 cm³/mol. The first-order chi connectivity index (χ1) is 14.7. The van der Waals surface area contributed by atoms with Gasteiger partial charge in [0.2, 0.25) is 12.7 Å². The number of nitrogens with zero attached hydrogens (tertiary/aromatic N) is 2. The number of para-hydroxylation sites is 2. The SMILES string of the molecule is O=C(C=Cc1ccc2c(c1)OCO2)Nc1cnn(CC2COc3ccccc3O2)c1. The van der Waals surface area contributed by atoms with Gasteiger partial charge in [-0.2, -0.15) is 5.10 Å². The van der Waals surface area contributed by atoms with E-state index in [9.17, 15) is 4.79 Å². The molecule has 2 aliphatic heterocycles. The van der Waals surface area contributed by atoms with E-state index in [4.69, 9.17) is 18.9 Å². The lowest BCUT2D eigenvalue weighted by Gasteiger charge is -2.26. The number of aromatic nitrogens is 2. The molecule has 1 amide bonds. The summed E-state index contributed by atoms with van der Waals surface area (Å²) in [5.74, 6) is 2.60. The van der Waals surface area contributed by atoms with Gasteiger partial charge in [0.05, 0.1) is 18.4 Å².